The van der Waals surface area contributed by atoms with Crippen molar-refractivity contribution >= 4 is 22.0 Å². The number of thioether (sulfide) groups is 1. The highest BCUT2D eigenvalue weighted by Crippen LogP contribution is 2.13. The van der Waals surface area contributed by atoms with Crippen molar-refractivity contribution in [1.29, 1.82) is 0 Å². The van der Waals surface area contributed by atoms with E-state index in [2.05, 4.69) is 4.72 Å². The Morgan fingerprint density at radius 3 is 2.21 bits per heavy atom. The van der Waals surface area contributed by atoms with Crippen LogP contribution < -0.4 is 4.72 Å². The van der Waals surface area contributed by atoms with Crippen LogP contribution in [0.15, 0.2) is 0 Å². The summed E-state index contributed by atoms with van der Waals surface area (Å²) in [7, 11) is -0.271. The lowest BCUT2D eigenvalue weighted by molar-refractivity contribution is 0.418. The molecule has 0 spiro atoms. The van der Waals surface area contributed by atoms with E-state index in [1.807, 2.05) is 20.1 Å². The molecule has 6 heteroatoms. The van der Waals surface area contributed by atoms with Crippen LogP contribution in [0.2, 0.25) is 0 Å². The molecule has 0 aliphatic heterocycles. The van der Waals surface area contributed by atoms with Crippen LogP contribution >= 0.6 is 11.8 Å². The molecule has 0 aliphatic carbocycles. The third kappa shape index (κ3) is 5.19. The van der Waals surface area contributed by atoms with Crippen molar-refractivity contribution in [2.24, 2.45) is 0 Å². The van der Waals surface area contributed by atoms with Crippen LogP contribution in [0.25, 0.3) is 0 Å². The van der Waals surface area contributed by atoms with Crippen molar-refractivity contribution in [1.82, 2.24) is 9.03 Å². The number of rotatable bonds is 6. The van der Waals surface area contributed by atoms with E-state index < -0.39 is 10.2 Å². The molecule has 0 fully saturated rings. The van der Waals surface area contributed by atoms with E-state index in [1.54, 1.807) is 11.8 Å². The van der Waals surface area contributed by atoms with Gasteiger partial charge in [-0.15, -0.1) is 0 Å². The Hall–Kier alpha value is 0.220. The monoisotopic (exact) mass is 240 g/mol. The molecular weight excluding hydrogens is 220 g/mol. The van der Waals surface area contributed by atoms with Crippen LogP contribution in [0.1, 0.15) is 20.3 Å². The Balaban J connectivity index is 4.35. The molecular formula is C8H20N2O2S2. The van der Waals surface area contributed by atoms with Crippen LogP contribution in [0.5, 0.6) is 0 Å². The number of hydrogen-bond donors (Lipinski definition) is 1. The second kappa shape index (κ2) is 5.34. The van der Waals surface area contributed by atoms with Crippen LogP contribution in [0, 0.1) is 0 Å². The lowest BCUT2D eigenvalue weighted by Crippen LogP contribution is -2.48. The second-order valence-electron chi connectivity index (χ2n) is 4.02. The van der Waals surface area contributed by atoms with Gasteiger partial charge in [0.05, 0.1) is 0 Å². The first-order valence-corrected chi connectivity index (χ1v) is 7.25. The molecule has 0 bridgehead atoms. The van der Waals surface area contributed by atoms with Crippen molar-refractivity contribution < 1.29 is 8.42 Å². The third-order valence-corrected chi connectivity index (χ3v) is 4.20. The maximum absolute atomic E-state index is 11.5. The van der Waals surface area contributed by atoms with E-state index in [1.165, 1.54) is 18.4 Å². The van der Waals surface area contributed by atoms with Gasteiger partial charge in [0.25, 0.3) is 10.2 Å². The predicted octanol–water partition coefficient (Wildman–Crippen LogP) is 0.914. The summed E-state index contributed by atoms with van der Waals surface area (Å²) in [5.41, 5.74) is -0.383. The Morgan fingerprint density at radius 1 is 1.36 bits per heavy atom. The molecule has 0 aromatic rings. The number of hydrogen-bond acceptors (Lipinski definition) is 3. The van der Waals surface area contributed by atoms with Crippen molar-refractivity contribution in [2.45, 2.75) is 25.8 Å². The third-order valence-electron chi connectivity index (χ3n) is 1.82. The van der Waals surface area contributed by atoms with E-state index in [9.17, 15) is 8.42 Å². The van der Waals surface area contributed by atoms with Crippen LogP contribution in [-0.4, -0.2) is 44.4 Å². The van der Waals surface area contributed by atoms with Crippen molar-refractivity contribution in [2.75, 3.05) is 26.1 Å². The zero-order valence-corrected chi connectivity index (χ0v) is 11.1. The lowest BCUT2D eigenvalue weighted by atomic mass is 10.0. The highest BCUT2D eigenvalue weighted by molar-refractivity contribution is 7.98. The molecule has 0 aromatic heterocycles. The summed E-state index contributed by atoms with van der Waals surface area (Å²) in [5, 5.41) is 0. The zero-order chi connectivity index (χ0) is 11.4. The van der Waals surface area contributed by atoms with Gasteiger partial charge >= 0.3 is 0 Å². The minimum Gasteiger partial charge on any atom is -0.197 e. The molecule has 0 amide bonds. The van der Waals surface area contributed by atoms with Gasteiger partial charge in [0.1, 0.15) is 0 Å². The average Bonchev–Trinajstić information content (AvgIpc) is 1.99. The minimum atomic E-state index is -3.31. The molecule has 0 unspecified atom stereocenters. The molecule has 0 aliphatic rings. The van der Waals surface area contributed by atoms with Gasteiger partial charge in [-0.25, -0.2) is 0 Å². The summed E-state index contributed by atoms with van der Waals surface area (Å²) in [6.45, 7) is 3.79. The normalized spacial score (nSPS) is 13.6. The molecule has 1 N–H and O–H groups in total. The van der Waals surface area contributed by atoms with Gasteiger partial charge in [-0.1, -0.05) is 0 Å². The van der Waals surface area contributed by atoms with Gasteiger partial charge in [-0.05, 0) is 32.3 Å². The fourth-order valence-corrected chi connectivity index (χ4v) is 2.55. The van der Waals surface area contributed by atoms with Gasteiger partial charge < -0.3 is 0 Å². The van der Waals surface area contributed by atoms with Crippen LogP contribution in [-0.2, 0) is 10.2 Å². The fraction of sp³-hybridized carbons (Fsp3) is 1.00. The van der Waals surface area contributed by atoms with Crippen LogP contribution in [0.4, 0.5) is 0 Å². The maximum Gasteiger partial charge on any atom is 0.279 e. The van der Waals surface area contributed by atoms with Gasteiger partial charge in [-0.3, -0.25) is 0 Å². The summed E-state index contributed by atoms with van der Waals surface area (Å²) in [5.74, 6) is 0.947. The standard InChI is InChI=1S/C8H20N2O2S2/c1-8(2,6-7-13-5)9-14(11,12)10(3)4/h9H,6-7H2,1-5H3. The molecule has 14 heavy (non-hydrogen) atoms. The van der Waals surface area contributed by atoms with E-state index in [0.717, 1.165) is 12.2 Å². The molecule has 0 saturated carbocycles. The first kappa shape index (κ1) is 14.2. The first-order valence-electron chi connectivity index (χ1n) is 4.41. The highest BCUT2D eigenvalue weighted by atomic mass is 32.2. The smallest absolute Gasteiger partial charge is 0.197 e. The van der Waals surface area contributed by atoms with E-state index in [0.29, 0.717) is 0 Å². The summed E-state index contributed by atoms with van der Waals surface area (Å²) < 4.78 is 26.9. The minimum absolute atomic E-state index is 0.383. The Kier molecular flexibility index (Phi) is 5.43. The van der Waals surface area contributed by atoms with Crippen molar-refractivity contribution in [3.05, 3.63) is 0 Å². The Labute approximate surface area is 91.6 Å². The summed E-state index contributed by atoms with van der Waals surface area (Å²) >= 11 is 1.71. The molecule has 0 rings (SSSR count). The predicted molar refractivity (Wildman–Crippen MR) is 62.8 cm³/mol. The average molecular weight is 240 g/mol. The van der Waals surface area contributed by atoms with E-state index in [4.69, 9.17) is 0 Å². The summed E-state index contributed by atoms with van der Waals surface area (Å²) in [6.07, 6.45) is 2.83. The molecule has 0 aromatic carbocycles. The van der Waals surface area contributed by atoms with Gasteiger partial charge in [0, 0.05) is 19.6 Å². The summed E-state index contributed by atoms with van der Waals surface area (Å²) in [6, 6.07) is 0. The van der Waals surface area contributed by atoms with Gasteiger partial charge in [-0.2, -0.15) is 29.2 Å². The highest BCUT2D eigenvalue weighted by Gasteiger charge is 2.25. The lowest BCUT2D eigenvalue weighted by Gasteiger charge is -2.27. The fourth-order valence-electron chi connectivity index (χ4n) is 0.849. The van der Waals surface area contributed by atoms with Gasteiger partial charge in [0.15, 0.2) is 0 Å². The Bertz CT molecular complexity index is 261. The molecule has 0 radical (unpaired) electrons. The molecule has 0 saturated heterocycles. The summed E-state index contributed by atoms with van der Waals surface area (Å²) in [4.78, 5) is 0. The second-order valence-corrected chi connectivity index (χ2v) is 6.89. The van der Waals surface area contributed by atoms with Crippen molar-refractivity contribution in [3.8, 4) is 0 Å². The van der Waals surface area contributed by atoms with E-state index in [-0.39, 0.29) is 5.54 Å². The van der Waals surface area contributed by atoms with Crippen LogP contribution in [0.3, 0.4) is 0 Å². The number of nitrogens with one attached hydrogen (secondary N) is 1. The topological polar surface area (TPSA) is 49.4 Å². The largest absolute Gasteiger partial charge is 0.279 e. The Morgan fingerprint density at radius 2 is 1.86 bits per heavy atom. The van der Waals surface area contributed by atoms with E-state index >= 15 is 0 Å². The number of nitrogens with zero attached hydrogens (tertiary/aromatic N) is 1. The SMILES string of the molecule is CSCCC(C)(C)NS(=O)(=O)N(C)C. The molecule has 0 atom stereocenters. The molecule has 86 valence electrons. The first-order chi connectivity index (χ1) is 6.21. The molecule has 0 heterocycles. The molecule has 4 nitrogen and oxygen atoms in total. The van der Waals surface area contributed by atoms with Gasteiger partial charge in [0.2, 0.25) is 0 Å². The maximum atomic E-state index is 11.5. The zero-order valence-electron chi connectivity index (χ0n) is 9.49. The van der Waals surface area contributed by atoms with Crippen molar-refractivity contribution in [3.63, 3.8) is 0 Å². The quantitative estimate of drug-likeness (QED) is 0.751.